The van der Waals surface area contributed by atoms with E-state index < -0.39 is 0 Å². The van der Waals surface area contributed by atoms with Crippen LogP contribution in [-0.2, 0) is 0 Å². The molecule has 0 unspecified atom stereocenters. The maximum absolute atomic E-state index is 12.0. The molecule has 21 heavy (non-hydrogen) atoms. The highest BCUT2D eigenvalue weighted by atomic mass is 35.5. The van der Waals surface area contributed by atoms with E-state index in [-0.39, 0.29) is 5.91 Å². The maximum atomic E-state index is 12.0. The molecule has 0 spiro atoms. The highest BCUT2D eigenvalue weighted by Gasteiger charge is 2.11. The molecule has 0 saturated carbocycles. The van der Waals surface area contributed by atoms with E-state index in [4.69, 9.17) is 11.6 Å². The molecule has 0 aliphatic heterocycles. The van der Waals surface area contributed by atoms with Crippen molar-refractivity contribution in [3.05, 3.63) is 46.2 Å². The number of hydrogen-bond acceptors (Lipinski definition) is 2. The molecule has 0 saturated heterocycles. The second-order valence-corrected chi connectivity index (χ2v) is 5.93. The maximum Gasteiger partial charge on any atom is 0.251 e. The fraction of sp³-hybridized carbons (Fsp3) is 0.375. The molecule has 1 amide bonds. The molecule has 0 radical (unpaired) electrons. The molecule has 1 heterocycles. The molecular weight excluding hydrogens is 286 g/mol. The van der Waals surface area contributed by atoms with Crippen molar-refractivity contribution in [1.82, 2.24) is 15.1 Å². The number of nitrogens with zero attached hydrogens (tertiary/aromatic N) is 2. The number of aromatic nitrogens is 2. The van der Waals surface area contributed by atoms with Gasteiger partial charge in [0.25, 0.3) is 5.91 Å². The summed E-state index contributed by atoms with van der Waals surface area (Å²) in [6.07, 6.45) is 0. The Morgan fingerprint density at radius 1 is 1.29 bits per heavy atom. The molecule has 5 heteroatoms. The van der Waals surface area contributed by atoms with Crippen molar-refractivity contribution in [2.24, 2.45) is 5.92 Å². The topological polar surface area (TPSA) is 46.9 Å². The minimum Gasteiger partial charge on any atom is -0.352 e. The van der Waals surface area contributed by atoms with E-state index >= 15 is 0 Å². The van der Waals surface area contributed by atoms with Crippen LogP contribution in [-0.4, -0.2) is 22.2 Å². The van der Waals surface area contributed by atoms with Gasteiger partial charge >= 0.3 is 0 Å². The van der Waals surface area contributed by atoms with Gasteiger partial charge in [0.15, 0.2) is 0 Å². The fourth-order valence-corrected chi connectivity index (χ4v) is 2.15. The molecule has 4 nitrogen and oxygen atoms in total. The second kappa shape index (κ2) is 6.31. The SMILES string of the molecule is Cc1nn(-c2ccc(C(=O)NCC(C)C)cc2)c(C)c1Cl. The molecular formula is C16H20ClN3O. The average Bonchev–Trinajstić information content (AvgIpc) is 2.72. The predicted octanol–water partition coefficient (Wildman–Crippen LogP) is 3.53. The first-order chi connectivity index (χ1) is 9.90. The fourth-order valence-electron chi connectivity index (χ4n) is 2.03. The summed E-state index contributed by atoms with van der Waals surface area (Å²) < 4.78 is 1.79. The van der Waals surface area contributed by atoms with Crippen LogP contribution in [0.25, 0.3) is 5.69 Å². The number of benzene rings is 1. The van der Waals surface area contributed by atoms with Crippen LogP contribution in [0.4, 0.5) is 0 Å². The van der Waals surface area contributed by atoms with E-state index in [0.717, 1.165) is 17.1 Å². The molecule has 0 bridgehead atoms. The summed E-state index contributed by atoms with van der Waals surface area (Å²) in [5, 5.41) is 7.97. The van der Waals surface area contributed by atoms with Gasteiger partial charge in [-0.1, -0.05) is 25.4 Å². The molecule has 0 aliphatic carbocycles. The van der Waals surface area contributed by atoms with Gasteiger partial charge in [-0.15, -0.1) is 0 Å². The molecule has 112 valence electrons. The third-order valence-corrected chi connectivity index (χ3v) is 3.79. The number of aryl methyl sites for hydroxylation is 1. The third-order valence-electron chi connectivity index (χ3n) is 3.25. The van der Waals surface area contributed by atoms with E-state index in [0.29, 0.717) is 23.0 Å². The Bertz CT molecular complexity index is 644. The van der Waals surface area contributed by atoms with Crippen molar-refractivity contribution in [2.45, 2.75) is 27.7 Å². The van der Waals surface area contributed by atoms with Gasteiger partial charge in [-0.2, -0.15) is 5.10 Å². The molecule has 1 N–H and O–H groups in total. The Hall–Kier alpha value is -1.81. The Balaban J connectivity index is 2.19. The Labute approximate surface area is 130 Å². The first kappa shape index (κ1) is 15.6. The summed E-state index contributed by atoms with van der Waals surface area (Å²) in [5.41, 5.74) is 3.23. The van der Waals surface area contributed by atoms with E-state index in [9.17, 15) is 4.79 Å². The van der Waals surface area contributed by atoms with Crippen molar-refractivity contribution in [2.75, 3.05) is 6.54 Å². The highest BCUT2D eigenvalue weighted by molar-refractivity contribution is 6.31. The molecule has 0 fully saturated rings. The van der Waals surface area contributed by atoms with Crippen LogP contribution in [0.3, 0.4) is 0 Å². The number of hydrogen-bond donors (Lipinski definition) is 1. The van der Waals surface area contributed by atoms with Crippen molar-refractivity contribution in [1.29, 1.82) is 0 Å². The summed E-state index contributed by atoms with van der Waals surface area (Å²) in [4.78, 5) is 12.0. The molecule has 2 rings (SSSR count). The minimum atomic E-state index is -0.0540. The van der Waals surface area contributed by atoms with Crippen molar-refractivity contribution >= 4 is 17.5 Å². The first-order valence-corrected chi connectivity index (χ1v) is 7.38. The van der Waals surface area contributed by atoms with Gasteiger partial charge in [0, 0.05) is 12.1 Å². The Morgan fingerprint density at radius 3 is 2.38 bits per heavy atom. The van der Waals surface area contributed by atoms with Gasteiger partial charge in [-0.25, -0.2) is 4.68 Å². The van der Waals surface area contributed by atoms with Gasteiger partial charge < -0.3 is 5.32 Å². The zero-order chi connectivity index (χ0) is 15.6. The summed E-state index contributed by atoms with van der Waals surface area (Å²) in [6, 6.07) is 7.35. The van der Waals surface area contributed by atoms with Crippen molar-refractivity contribution in [3.63, 3.8) is 0 Å². The van der Waals surface area contributed by atoms with Crippen LogP contribution >= 0.6 is 11.6 Å². The molecule has 1 aromatic heterocycles. The van der Waals surface area contributed by atoms with Crippen LogP contribution in [0.2, 0.25) is 5.02 Å². The summed E-state index contributed by atoms with van der Waals surface area (Å²) in [5.74, 6) is 0.381. The number of halogens is 1. The van der Waals surface area contributed by atoms with E-state index in [2.05, 4.69) is 24.3 Å². The van der Waals surface area contributed by atoms with Crippen LogP contribution < -0.4 is 5.32 Å². The molecule has 2 aromatic rings. The second-order valence-electron chi connectivity index (χ2n) is 5.55. The monoisotopic (exact) mass is 305 g/mol. The van der Waals surface area contributed by atoms with E-state index in [1.807, 2.05) is 26.0 Å². The van der Waals surface area contributed by atoms with Crippen molar-refractivity contribution in [3.8, 4) is 5.69 Å². The number of rotatable bonds is 4. The quantitative estimate of drug-likeness (QED) is 0.939. The minimum absolute atomic E-state index is 0.0540. The summed E-state index contributed by atoms with van der Waals surface area (Å²) in [6.45, 7) is 8.60. The third kappa shape index (κ3) is 3.45. The summed E-state index contributed by atoms with van der Waals surface area (Å²) in [7, 11) is 0. The smallest absolute Gasteiger partial charge is 0.251 e. The lowest BCUT2D eigenvalue weighted by molar-refractivity contribution is 0.0949. The lowest BCUT2D eigenvalue weighted by atomic mass is 10.1. The number of carbonyl (C=O) groups is 1. The van der Waals surface area contributed by atoms with Gasteiger partial charge in [-0.05, 0) is 44.0 Å². The van der Waals surface area contributed by atoms with Crippen LogP contribution in [0.5, 0.6) is 0 Å². The van der Waals surface area contributed by atoms with Crippen molar-refractivity contribution < 1.29 is 4.79 Å². The lowest BCUT2D eigenvalue weighted by Gasteiger charge is -2.09. The van der Waals surface area contributed by atoms with Crippen LogP contribution in [0.1, 0.15) is 35.6 Å². The molecule has 1 aromatic carbocycles. The Morgan fingerprint density at radius 2 is 1.90 bits per heavy atom. The van der Waals surface area contributed by atoms with Crippen LogP contribution in [0, 0.1) is 19.8 Å². The van der Waals surface area contributed by atoms with E-state index in [1.54, 1.807) is 16.8 Å². The summed E-state index contributed by atoms with van der Waals surface area (Å²) >= 11 is 6.15. The number of carbonyl (C=O) groups excluding carboxylic acids is 1. The van der Waals surface area contributed by atoms with Crippen LogP contribution in [0.15, 0.2) is 24.3 Å². The van der Waals surface area contributed by atoms with Gasteiger partial charge in [-0.3, -0.25) is 4.79 Å². The molecule has 0 atom stereocenters. The highest BCUT2D eigenvalue weighted by Crippen LogP contribution is 2.22. The van der Waals surface area contributed by atoms with E-state index in [1.165, 1.54) is 0 Å². The Kier molecular flexibility index (Phi) is 4.68. The normalized spacial score (nSPS) is 11.0. The predicted molar refractivity (Wildman–Crippen MR) is 85.2 cm³/mol. The zero-order valence-electron chi connectivity index (χ0n) is 12.8. The van der Waals surface area contributed by atoms with Gasteiger partial charge in [0.1, 0.15) is 0 Å². The number of amides is 1. The van der Waals surface area contributed by atoms with Gasteiger partial charge in [0.2, 0.25) is 0 Å². The standard InChI is InChI=1S/C16H20ClN3O/c1-10(2)9-18-16(21)13-5-7-14(8-6-13)20-12(4)15(17)11(3)19-20/h5-8,10H,9H2,1-4H3,(H,18,21). The van der Waals surface area contributed by atoms with Gasteiger partial charge in [0.05, 0.1) is 22.1 Å². The number of nitrogens with one attached hydrogen (secondary N) is 1. The molecule has 0 aliphatic rings. The largest absolute Gasteiger partial charge is 0.352 e. The lowest BCUT2D eigenvalue weighted by Crippen LogP contribution is -2.27. The first-order valence-electron chi connectivity index (χ1n) is 7.00. The zero-order valence-corrected chi connectivity index (χ0v) is 13.5. The average molecular weight is 306 g/mol.